The lowest BCUT2D eigenvalue weighted by atomic mass is 10.0. The number of rotatable bonds is 4. The fraction of sp³-hybridized carbons (Fsp3) is 0.500. The van der Waals surface area contributed by atoms with Crippen molar-refractivity contribution in [1.29, 1.82) is 0 Å². The van der Waals surface area contributed by atoms with Crippen molar-refractivity contribution in [2.45, 2.75) is 44.5 Å². The van der Waals surface area contributed by atoms with E-state index in [9.17, 15) is 33.0 Å². The molecule has 1 aliphatic heterocycles. The third-order valence-electron chi connectivity index (χ3n) is 5.97. The van der Waals surface area contributed by atoms with Gasteiger partial charge in [0.15, 0.2) is 6.10 Å². The van der Waals surface area contributed by atoms with E-state index in [2.05, 4.69) is 0 Å². The van der Waals surface area contributed by atoms with Gasteiger partial charge in [0, 0.05) is 36.6 Å². The maximum Gasteiger partial charge on any atom is 0.414 e. The minimum Gasteiger partial charge on any atom is -0.477 e. The second kappa shape index (κ2) is 6.97. The van der Waals surface area contributed by atoms with E-state index >= 15 is 4.39 Å². The van der Waals surface area contributed by atoms with E-state index in [-0.39, 0.29) is 36.6 Å². The standard InChI is InChI=1S/C20H20F4N2O4/c1-9-15-12(17(27)13(19(29)30)8-26(15)11-2-3-11)6-14(21)16(9)25-5-4-10(7-25)18(28)20(22,23)24/h6,8,10-11,18,28H,2-5,7H2,1H3,(H,29,30). The molecule has 2 aliphatic rings. The predicted octanol–water partition coefficient (Wildman–Crippen LogP) is 3.23. The minimum absolute atomic E-state index is 0.0124. The number of aromatic carboxylic acids is 1. The molecule has 1 saturated heterocycles. The van der Waals surface area contributed by atoms with Gasteiger partial charge in [-0.25, -0.2) is 9.18 Å². The molecule has 0 radical (unpaired) electrons. The Morgan fingerprint density at radius 2 is 1.93 bits per heavy atom. The summed E-state index contributed by atoms with van der Waals surface area (Å²) in [6.07, 6.45) is -4.37. The summed E-state index contributed by atoms with van der Waals surface area (Å²) in [6, 6.07) is 0.959. The number of hydrogen-bond acceptors (Lipinski definition) is 4. The van der Waals surface area contributed by atoms with Gasteiger partial charge in [-0.15, -0.1) is 0 Å². The first-order valence-corrected chi connectivity index (χ1v) is 9.61. The Labute approximate surface area is 168 Å². The van der Waals surface area contributed by atoms with Crippen molar-refractivity contribution in [2.75, 3.05) is 18.0 Å². The van der Waals surface area contributed by atoms with E-state index in [1.165, 1.54) is 11.1 Å². The maximum atomic E-state index is 15.0. The number of anilines is 1. The van der Waals surface area contributed by atoms with Crippen LogP contribution in [0.25, 0.3) is 10.9 Å². The lowest BCUT2D eigenvalue weighted by Crippen LogP contribution is -2.37. The van der Waals surface area contributed by atoms with E-state index < -0.39 is 41.0 Å². The first-order valence-electron chi connectivity index (χ1n) is 9.61. The molecule has 1 saturated carbocycles. The number of aliphatic hydroxyl groups excluding tert-OH is 1. The Morgan fingerprint density at radius 3 is 2.50 bits per heavy atom. The Kier molecular flexibility index (Phi) is 4.80. The topological polar surface area (TPSA) is 82.8 Å². The van der Waals surface area contributed by atoms with Gasteiger partial charge >= 0.3 is 12.1 Å². The lowest BCUT2D eigenvalue weighted by Gasteiger charge is -2.25. The number of nitrogens with zero attached hydrogens (tertiary/aromatic N) is 2. The van der Waals surface area contributed by atoms with Crippen molar-refractivity contribution in [3.63, 3.8) is 0 Å². The van der Waals surface area contributed by atoms with Gasteiger partial charge in [0.2, 0.25) is 5.43 Å². The van der Waals surface area contributed by atoms with E-state index in [1.54, 1.807) is 11.5 Å². The number of aliphatic hydroxyl groups is 1. The summed E-state index contributed by atoms with van der Waals surface area (Å²) in [4.78, 5) is 25.5. The molecule has 2 fully saturated rings. The van der Waals surface area contributed by atoms with Gasteiger partial charge < -0.3 is 19.7 Å². The highest BCUT2D eigenvalue weighted by Crippen LogP contribution is 2.41. The van der Waals surface area contributed by atoms with E-state index in [4.69, 9.17) is 0 Å². The van der Waals surface area contributed by atoms with Crippen LogP contribution in [0.15, 0.2) is 17.1 Å². The van der Waals surface area contributed by atoms with Crippen LogP contribution < -0.4 is 10.3 Å². The number of carboxylic acid groups (broad SMARTS) is 1. The number of benzene rings is 1. The highest BCUT2D eigenvalue weighted by Gasteiger charge is 2.46. The molecule has 6 nitrogen and oxygen atoms in total. The molecule has 30 heavy (non-hydrogen) atoms. The van der Waals surface area contributed by atoms with Crippen LogP contribution in [0.2, 0.25) is 0 Å². The molecule has 1 aromatic heterocycles. The zero-order valence-electron chi connectivity index (χ0n) is 16.0. The normalized spacial score (nSPS) is 20.7. The largest absolute Gasteiger partial charge is 0.477 e. The molecule has 1 aliphatic carbocycles. The van der Waals surface area contributed by atoms with E-state index in [1.807, 2.05) is 0 Å². The average Bonchev–Trinajstić information content (AvgIpc) is 3.38. The average molecular weight is 428 g/mol. The van der Waals surface area contributed by atoms with E-state index in [0.717, 1.165) is 18.9 Å². The van der Waals surface area contributed by atoms with Crippen molar-refractivity contribution in [1.82, 2.24) is 4.57 Å². The van der Waals surface area contributed by atoms with Crippen LogP contribution in [0.5, 0.6) is 0 Å². The highest BCUT2D eigenvalue weighted by atomic mass is 19.4. The second-order valence-electron chi connectivity index (χ2n) is 8.02. The molecule has 2 unspecified atom stereocenters. The van der Waals surface area contributed by atoms with Crippen LogP contribution >= 0.6 is 0 Å². The molecule has 2 N–H and O–H groups in total. The van der Waals surface area contributed by atoms with Crippen molar-refractivity contribution in [3.8, 4) is 0 Å². The number of hydrogen-bond donors (Lipinski definition) is 2. The molecule has 162 valence electrons. The molecule has 0 spiro atoms. The Hall–Kier alpha value is -2.62. The summed E-state index contributed by atoms with van der Waals surface area (Å²) in [5.74, 6) is -3.29. The van der Waals surface area contributed by atoms with Crippen molar-refractivity contribution < 1.29 is 32.6 Å². The summed E-state index contributed by atoms with van der Waals surface area (Å²) in [6.45, 7) is 1.53. The van der Waals surface area contributed by atoms with Gasteiger partial charge in [0.25, 0.3) is 0 Å². The van der Waals surface area contributed by atoms with E-state index in [0.29, 0.717) is 11.1 Å². The third kappa shape index (κ3) is 3.32. The molecular formula is C20H20F4N2O4. The van der Waals surface area contributed by atoms with Gasteiger partial charge in [-0.2, -0.15) is 13.2 Å². The number of aromatic nitrogens is 1. The Morgan fingerprint density at radius 1 is 1.27 bits per heavy atom. The second-order valence-corrected chi connectivity index (χ2v) is 8.02. The van der Waals surface area contributed by atoms with Crippen molar-refractivity contribution >= 4 is 22.6 Å². The summed E-state index contributed by atoms with van der Waals surface area (Å²) in [5.41, 5.74) is -0.404. The smallest absolute Gasteiger partial charge is 0.414 e. The Bertz CT molecular complexity index is 1090. The number of halogens is 4. The van der Waals surface area contributed by atoms with Crippen LogP contribution in [-0.2, 0) is 0 Å². The number of pyridine rings is 1. The molecule has 0 amide bonds. The number of fused-ring (bicyclic) bond motifs is 1. The van der Waals surface area contributed by atoms with Gasteiger partial charge in [-0.3, -0.25) is 4.79 Å². The third-order valence-corrected chi connectivity index (χ3v) is 5.97. The summed E-state index contributed by atoms with van der Waals surface area (Å²) < 4.78 is 55.3. The van der Waals surface area contributed by atoms with Gasteiger partial charge in [0.05, 0.1) is 11.2 Å². The fourth-order valence-corrected chi connectivity index (χ4v) is 4.37. The van der Waals surface area contributed by atoms with Gasteiger partial charge in [-0.1, -0.05) is 0 Å². The van der Waals surface area contributed by atoms with Gasteiger partial charge in [-0.05, 0) is 37.8 Å². The van der Waals surface area contributed by atoms with Crippen LogP contribution in [0, 0.1) is 18.7 Å². The molecule has 2 heterocycles. The molecule has 2 aromatic rings. The number of carbonyl (C=O) groups is 1. The van der Waals surface area contributed by atoms with Crippen molar-refractivity contribution in [3.05, 3.63) is 39.4 Å². The molecule has 1 aromatic carbocycles. The molecule has 0 bridgehead atoms. The molecule has 4 rings (SSSR count). The van der Waals surface area contributed by atoms with Crippen LogP contribution in [-0.4, -0.2) is 46.1 Å². The number of carboxylic acids is 1. The highest BCUT2D eigenvalue weighted by molar-refractivity contribution is 5.95. The van der Waals surface area contributed by atoms with Crippen LogP contribution in [0.1, 0.15) is 41.2 Å². The maximum absolute atomic E-state index is 15.0. The predicted molar refractivity (Wildman–Crippen MR) is 101 cm³/mol. The molecule has 10 heteroatoms. The number of aryl methyl sites for hydroxylation is 1. The van der Waals surface area contributed by atoms with Crippen LogP contribution in [0.4, 0.5) is 23.2 Å². The first-order chi connectivity index (χ1) is 14.0. The summed E-state index contributed by atoms with van der Waals surface area (Å²) >= 11 is 0. The quantitative estimate of drug-likeness (QED) is 0.731. The summed E-state index contributed by atoms with van der Waals surface area (Å²) in [5, 5.41) is 18.8. The SMILES string of the molecule is Cc1c(N2CCC(C(O)C(F)(F)F)C2)c(F)cc2c(=O)c(C(=O)O)cn(C3CC3)c12. The van der Waals surface area contributed by atoms with Gasteiger partial charge in [0.1, 0.15) is 11.4 Å². The number of alkyl halides is 3. The molecule has 2 atom stereocenters. The lowest BCUT2D eigenvalue weighted by molar-refractivity contribution is -0.217. The first kappa shape index (κ1) is 20.6. The minimum atomic E-state index is -4.75. The zero-order chi connectivity index (χ0) is 22.0. The monoisotopic (exact) mass is 428 g/mol. The van der Waals surface area contributed by atoms with Crippen molar-refractivity contribution in [2.24, 2.45) is 5.92 Å². The molecular weight excluding hydrogens is 408 g/mol. The zero-order valence-corrected chi connectivity index (χ0v) is 16.0. The fourth-order valence-electron chi connectivity index (χ4n) is 4.37. The summed E-state index contributed by atoms with van der Waals surface area (Å²) in [7, 11) is 0. The Balaban J connectivity index is 1.83. The van der Waals surface area contributed by atoms with Crippen LogP contribution in [0.3, 0.4) is 0 Å².